The molecule has 2 aromatic rings. The Morgan fingerprint density at radius 2 is 2.05 bits per heavy atom. The second-order valence-electron chi connectivity index (χ2n) is 3.76. The molecule has 0 aliphatic carbocycles. The average molecular weight is 267 g/mol. The first-order valence-electron chi connectivity index (χ1n) is 5.47. The number of hydrogen-bond acceptors (Lipinski definition) is 3. The maximum atomic E-state index is 12.2. The summed E-state index contributed by atoms with van der Waals surface area (Å²) >= 11 is 0. The molecule has 100 valence electrons. The van der Waals surface area contributed by atoms with E-state index in [0.29, 0.717) is 5.56 Å². The summed E-state index contributed by atoms with van der Waals surface area (Å²) in [5.74, 6) is -0.491. The van der Waals surface area contributed by atoms with Gasteiger partial charge in [-0.2, -0.15) is 8.78 Å². The number of alkyl halides is 2. The van der Waals surface area contributed by atoms with Gasteiger partial charge in [0.05, 0.1) is 12.0 Å². The lowest BCUT2D eigenvalue weighted by atomic mass is 10.2. The smallest absolute Gasteiger partial charge is 0.387 e. The molecule has 1 amide bonds. The first kappa shape index (κ1) is 13.1. The van der Waals surface area contributed by atoms with Crippen LogP contribution in [0, 0.1) is 6.92 Å². The standard InChI is InChI=1S/C13H11F2NO3/c1-8-6-7-18-11(8)12(17)16-9-4-2-3-5-10(9)19-13(14)15/h2-7,13H,1H3,(H,16,17). The van der Waals surface area contributed by atoms with E-state index in [1.165, 1.54) is 24.5 Å². The van der Waals surface area contributed by atoms with Crippen molar-refractivity contribution in [2.45, 2.75) is 13.5 Å². The Morgan fingerprint density at radius 3 is 2.68 bits per heavy atom. The molecule has 0 atom stereocenters. The maximum absolute atomic E-state index is 12.2. The van der Waals surface area contributed by atoms with Crippen LogP contribution in [0.5, 0.6) is 5.75 Å². The van der Waals surface area contributed by atoms with Crippen molar-refractivity contribution in [3.8, 4) is 5.75 Å². The molecule has 0 spiro atoms. The van der Waals surface area contributed by atoms with Crippen molar-refractivity contribution >= 4 is 11.6 Å². The molecule has 1 aromatic carbocycles. The molecule has 4 nitrogen and oxygen atoms in total. The zero-order chi connectivity index (χ0) is 13.8. The minimum Gasteiger partial charge on any atom is -0.459 e. The van der Waals surface area contributed by atoms with Gasteiger partial charge in [0.15, 0.2) is 5.76 Å². The van der Waals surface area contributed by atoms with Gasteiger partial charge in [0, 0.05) is 5.56 Å². The van der Waals surface area contributed by atoms with Crippen LogP contribution in [0.4, 0.5) is 14.5 Å². The number of para-hydroxylation sites is 2. The molecular formula is C13H11F2NO3. The lowest BCUT2D eigenvalue weighted by Gasteiger charge is -2.10. The summed E-state index contributed by atoms with van der Waals surface area (Å²) in [7, 11) is 0. The quantitative estimate of drug-likeness (QED) is 0.923. The number of ether oxygens (including phenoxy) is 1. The van der Waals surface area contributed by atoms with E-state index in [2.05, 4.69) is 10.1 Å². The van der Waals surface area contributed by atoms with Crippen LogP contribution in [0.3, 0.4) is 0 Å². The van der Waals surface area contributed by atoms with E-state index in [1.807, 2.05) is 0 Å². The van der Waals surface area contributed by atoms with Crippen LogP contribution < -0.4 is 10.1 Å². The number of carbonyl (C=O) groups is 1. The molecule has 1 aromatic heterocycles. The molecular weight excluding hydrogens is 256 g/mol. The maximum Gasteiger partial charge on any atom is 0.387 e. The molecule has 0 aliphatic heterocycles. The number of nitrogens with one attached hydrogen (secondary N) is 1. The van der Waals surface area contributed by atoms with Crippen LogP contribution in [0.2, 0.25) is 0 Å². The number of halogens is 2. The molecule has 0 unspecified atom stereocenters. The summed E-state index contributed by atoms with van der Waals surface area (Å²) in [5, 5.41) is 2.47. The van der Waals surface area contributed by atoms with E-state index in [-0.39, 0.29) is 17.2 Å². The van der Waals surface area contributed by atoms with Crippen molar-refractivity contribution in [2.24, 2.45) is 0 Å². The fraction of sp³-hybridized carbons (Fsp3) is 0.154. The van der Waals surface area contributed by atoms with Gasteiger partial charge in [-0.25, -0.2) is 0 Å². The van der Waals surface area contributed by atoms with Gasteiger partial charge < -0.3 is 14.5 Å². The van der Waals surface area contributed by atoms with Gasteiger partial charge in [0.1, 0.15) is 5.75 Å². The molecule has 1 N–H and O–H groups in total. The van der Waals surface area contributed by atoms with Gasteiger partial charge in [-0.3, -0.25) is 4.79 Å². The van der Waals surface area contributed by atoms with Crippen molar-refractivity contribution in [1.82, 2.24) is 0 Å². The first-order valence-corrected chi connectivity index (χ1v) is 5.47. The Morgan fingerprint density at radius 1 is 1.32 bits per heavy atom. The van der Waals surface area contributed by atoms with Crippen LogP contribution in [0.1, 0.15) is 16.1 Å². The van der Waals surface area contributed by atoms with Crippen molar-refractivity contribution in [3.05, 3.63) is 47.9 Å². The van der Waals surface area contributed by atoms with Crippen LogP contribution in [-0.2, 0) is 0 Å². The summed E-state index contributed by atoms with van der Waals surface area (Å²) in [5.41, 5.74) is 0.813. The normalized spacial score (nSPS) is 10.5. The second kappa shape index (κ2) is 5.51. The second-order valence-corrected chi connectivity index (χ2v) is 3.76. The first-order chi connectivity index (χ1) is 9.08. The van der Waals surface area contributed by atoms with E-state index in [1.54, 1.807) is 19.1 Å². The van der Waals surface area contributed by atoms with Crippen LogP contribution in [0.15, 0.2) is 41.0 Å². The van der Waals surface area contributed by atoms with E-state index >= 15 is 0 Å². The third-order valence-electron chi connectivity index (χ3n) is 2.42. The lowest BCUT2D eigenvalue weighted by molar-refractivity contribution is -0.0493. The number of anilines is 1. The number of hydrogen-bond donors (Lipinski definition) is 1. The highest BCUT2D eigenvalue weighted by molar-refractivity contribution is 6.03. The Kier molecular flexibility index (Phi) is 3.79. The molecule has 0 saturated carbocycles. The fourth-order valence-electron chi connectivity index (χ4n) is 1.55. The number of rotatable bonds is 4. The summed E-state index contributed by atoms with van der Waals surface area (Å²) in [6.45, 7) is -1.25. The largest absolute Gasteiger partial charge is 0.459 e. The SMILES string of the molecule is Cc1ccoc1C(=O)Nc1ccccc1OC(F)F. The molecule has 6 heteroatoms. The van der Waals surface area contributed by atoms with Crippen LogP contribution in [-0.4, -0.2) is 12.5 Å². The number of amides is 1. The van der Waals surface area contributed by atoms with Crippen molar-refractivity contribution in [2.75, 3.05) is 5.32 Å². The van der Waals surface area contributed by atoms with Crippen molar-refractivity contribution in [3.63, 3.8) is 0 Å². The highest BCUT2D eigenvalue weighted by Crippen LogP contribution is 2.26. The summed E-state index contributed by atoms with van der Waals surface area (Å²) in [4.78, 5) is 11.9. The average Bonchev–Trinajstić information content (AvgIpc) is 2.77. The van der Waals surface area contributed by atoms with Crippen LogP contribution in [0.25, 0.3) is 0 Å². The molecule has 0 saturated heterocycles. The number of carbonyl (C=O) groups excluding carboxylic acids is 1. The van der Waals surface area contributed by atoms with Gasteiger partial charge in [0.25, 0.3) is 5.91 Å². The van der Waals surface area contributed by atoms with Crippen molar-refractivity contribution < 1.29 is 22.7 Å². The Balaban J connectivity index is 2.19. The predicted molar refractivity (Wildman–Crippen MR) is 64.5 cm³/mol. The van der Waals surface area contributed by atoms with E-state index < -0.39 is 12.5 Å². The molecule has 0 aliphatic rings. The minimum atomic E-state index is -2.96. The summed E-state index contributed by atoms with van der Waals surface area (Å²) < 4.78 is 33.8. The highest BCUT2D eigenvalue weighted by atomic mass is 19.3. The zero-order valence-corrected chi connectivity index (χ0v) is 10.0. The Bertz CT molecular complexity index is 581. The van der Waals surface area contributed by atoms with E-state index in [9.17, 15) is 13.6 Å². The third-order valence-corrected chi connectivity index (χ3v) is 2.42. The molecule has 1 heterocycles. The van der Waals surface area contributed by atoms with Gasteiger partial charge in [-0.1, -0.05) is 12.1 Å². The Hall–Kier alpha value is -2.37. The van der Waals surface area contributed by atoms with E-state index in [4.69, 9.17) is 4.42 Å². The minimum absolute atomic E-state index is 0.102. The van der Waals surface area contributed by atoms with Gasteiger partial charge >= 0.3 is 6.61 Å². The molecule has 0 radical (unpaired) electrons. The van der Waals surface area contributed by atoms with Gasteiger partial charge in [-0.15, -0.1) is 0 Å². The van der Waals surface area contributed by atoms with Crippen LogP contribution >= 0.6 is 0 Å². The van der Waals surface area contributed by atoms with Gasteiger partial charge in [0.2, 0.25) is 0 Å². The monoisotopic (exact) mass is 267 g/mol. The zero-order valence-electron chi connectivity index (χ0n) is 10.0. The van der Waals surface area contributed by atoms with Crippen molar-refractivity contribution in [1.29, 1.82) is 0 Å². The molecule has 0 fully saturated rings. The number of furan rings is 1. The van der Waals surface area contributed by atoms with Gasteiger partial charge in [-0.05, 0) is 25.1 Å². The molecule has 0 bridgehead atoms. The summed E-state index contributed by atoms with van der Waals surface area (Å²) in [6.07, 6.45) is 1.38. The fourth-order valence-corrected chi connectivity index (χ4v) is 1.55. The highest BCUT2D eigenvalue weighted by Gasteiger charge is 2.16. The number of benzene rings is 1. The third kappa shape index (κ3) is 3.09. The molecule has 2 rings (SSSR count). The lowest BCUT2D eigenvalue weighted by Crippen LogP contribution is -2.14. The molecule has 19 heavy (non-hydrogen) atoms. The number of aryl methyl sites for hydroxylation is 1. The van der Waals surface area contributed by atoms with E-state index in [0.717, 1.165) is 0 Å². The summed E-state index contributed by atoms with van der Waals surface area (Å²) in [6, 6.07) is 7.58. The Labute approximate surface area is 108 Å². The predicted octanol–water partition coefficient (Wildman–Crippen LogP) is 3.44. The topological polar surface area (TPSA) is 51.5 Å².